The van der Waals surface area contributed by atoms with Crippen LogP contribution in [0.15, 0.2) is 12.4 Å². The number of hydrogen-bond acceptors (Lipinski definition) is 3. The first kappa shape index (κ1) is 12.6. The van der Waals surface area contributed by atoms with E-state index in [1.807, 2.05) is 25.0 Å². The van der Waals surface area contributed by atoms with Crippen LogP contribution in [0.2, 0.25) is 0 Å². The zero-order chi connectivity index (χ0) is 12.3. The van der Waals surface area contributed by atoms with E-state index in [9.17, 15) is 0 Å². The van der Waals surface area contributed by atoms with Crippen LogP contribution in [-0.4, -0.2) is 35.1 Å². The van der Waals surface area contributed by atoms with Crippen molar-refractivity contribution in [3.8, 4) is 0 Å². The maximum Gasteiger partial charge on any atom is 0.0834 e. The molecule has 0 spiro atoms. The number of aromatic nitrogens is 2. The highest BCUT2D eigenvalue weighted by molar-refractivity contribution is 5.11. The fourth-order valence-electron chi connectivity index (χ4n) is 2.72. The van der Waals surface area contributed by atoms with Crippen molar-refractivity contribution >= 4 is 0 Å². The molecule has 1 saturated carbocycles. The molecule has 96 valence electrons. The molecule has 0 bridgehead atoms. The van der Waals surface area contributed by atoms with Gasteiger partial charge in [-0.3, -0.25) is 4.68 Å². The van der Waals surface area contributed by atoms with Gasteiger partial charge in [-0.05, 0) is 37.8 Å². The predicted octanol–water partition coefficient (Wildman–Crippen LogP) is 1.51. The number of nitrogens with zero attached hydrogens (tertiary/aromatic N) is 2. The molecule has 0 aliphatic heterocycles. The Bertz CT molecular complexity index is 352. The molecule has 1 heterocycles. The first-order valence-corrected chi connectivity index (χ1v) is 6.46. The highest BCUT2D eigenvalue weighted by atomic mass is 16.5. The van der Waals surface area contributed by atoms with Gasteiger partial charge in [0.15, 0.2) is 0 Å². The van der Waals surface area contributed by atoms with E-state index in [4.69, 9.17) is 4.74 Å². The van der Waals surface area contributed by atoms with E-state index in [-0.39, 0.29) is 5.60 Å². The summed E-state index contributed by atoms with van der Waals surface area (Å²) in [6.45, 7) is 3.13. The Kier molecular flexibility index (Phi) is 3.84. The molecule has 1 aliphatic carbocycles. The number of methoxy groups -OCH3 is 1. The summed E-state index contributed by atoms with van der Waals surface area (Å²) in [5.41, 5.74) is 1.33. The van der Waals surface area contributed by atoms with Gasteiger partial charge in [-0.2, -0.15) is 5.10 Å². The molecule has 1 aromatic rings. The Hall–Kier alpha value is -0.870. The number of likely N-dealkylation sites (N-methyl/N-ethyl adjacent to an activating group) is 1. The van der Waals surface area contributed by atoms with Crippen molar-refractivity contribution in [2.24, 2.45) is 7.05 Å². The van der Waals surface area contributed by atoms with Gasteiger partial charge in [0.05, 0.1) is 11.8 Å². The molecule has 1 aliphatic rings. The Balaban J connectivity index is 2.06. The normalized spacial score (nSPS) is 19.9. The van der Waals surface area contributed by atoms with Crippen LogP contribution in [0.25, 0.3) is 0 Å². The van der Waals surface area contributed by atoms with E-state index in [1.54, 1.807) is 0 Å². The van der Waals surface area contributed by atoms with E-state index >= 15 is 0 Å². The molecule has 2 rings (SSSR count). The maximum absolute atomic E-state index is 5.78. The van der Waals surface area contributed by atoms with E-state index < -0.39 is 0 Å². The molecule has 0 radical (unpaired) electrons. The lowest BCUT2D eigenvalue weighted by Crippen LogP contribution is -2.57. The van der Waals surface area contributed by atoms with E-state index in [0.29, 0.717) is 6.04 Å². The average Bonchev–Trinajstić information content (AvgIpc) is 2.63. The maximum atomic E-state index is 5.78. The summed E-state index contributed by atoms with van der Waals surface area (Å²) in [5, 5.41) is 7.80. The fraction of sp³-hybridized carbons (Fsp3) is 0.769. The van der Waals surface area contributed by atoms with Crippen LogP contribution in [0.3, 0.4) is 0 Å². The van der Waals surface area contributed by atoms with Crippen molar-refractivity contribution in [3.63, 3.8) is 0 Å². The second kappa shape index (κ2) is 5.19. The number of nitrogens with one attached hydrogen (secondary N) is 1. The van der Waals surface area contributed by atoms with Crippen LogP contribution in [0.1, 0.15) is 31.7 Å². The van der Waals surface area contributed by atoms with Gasteiger partial charge in [-0.25, -0.2) is 0 Å². The molecule has 1 N–H and O–H groups in total. The molecule has 4 nitrogen and oxygen atoms in total. The van der Waals surface area contributed by atoms with Gasteiger partial charge in [0, 0.05) is 26.4 Å². The van der Waals surface area contributed by atoms with Crippen molar-refractivity contribution in [2.75, 3.05) is 13.7 Å². The summed E-state index contributed by atoms with van der Waals surface area (Å²) in [7, 11) is 3.80. The number of hydrogen-bond donors (Lipinski definition) is 1. The van der Waals surface area contributed by atoms with Crippen LogP contribution < -0.4 is 5.32 Å². The fourth-order valence-corrected chi connectivity index (χ4v) is 2.72. The van der Waals surface area contributed by atoms with Gasteiger partial charge in [-0.15, -0.1) is 0 Å². The van der Waals surface area contributed by atoms with E-state index in [0.717, 1.165) is 13.0 Å². The molecular formula is C13H23N3O. The Morgan fingerprint density at radius 1 is 1.59 bits per heavy atom. The van der Waals surface area contributed by atoms with Crippen molar-refractivity contribution in [3.05, 3.63) is 18.0 Å². The SMILES string of the molecule is CCNC(Cc1cnn(C)c1)C1(OC)CCC1. The van der Waals surface area contributed by atoms with Crippen LogP contribution >= 0.6 is 0 Å². The first-order valence-electron chi connectivity index (χ1n) is 6.46. The summed E-state index contributed by atoms with van der Waals surface area (Å²) < 4.78 is 7.64. The van der Waals surface area contributed by atoms with Crippen LogP contribution in [0.5, 0.6) is 0 Å². The molecule has 1 fully saturated rings. The smallest absolute Gasteiger partial charge is 0.0834 e. The highest BCUT2D eigenvalue weighted by Gasteiger charge is 2.44. The average molecular weight is 237 g/mol. The van der Waals surface area contributed by atoms with Crippen molar-refractivity contribution in [2.45, 2.75) is 44.2 Å². The second-order valence-corrected chi connectivity index (χ2v) is 4.96. The topological polar surface area (TPSA) is 39.1 Å². The molecule has 0 amide bonds. The largest absolute Gasteiger partial charge is 0.377 e. The zero-order valence-corrected chi connectivity index (χ0v) is 11.1. The molecule has 1 aromatic heterocycles. The van der Waals surface area contributed by atoms with Crippen LogP contribution in [-0.2, 0) is 18.2 Å². The van der Waals surface area contributed by atoms with Gasteiger partial charge < -0.3 is 10.1 Å². The quantitative estimate of drug-likeness (QED) is 0.815. The molecule has 4 heteroatoms. The lowest BCUT2D eigenvalue weighted by molar-refractivity contribution is -0.0978. The van der Waals surface area contributed by atoms with Gasteiger partial charge in [-0.1, -0.05) is 6.92 Å². The summed E-state index contributed by atoms with van der Waals surface area (Å²) in [4.78, 5) is 0. The predicted molar refractivity (Wildman–Crippen MR) is 68.0 cm³/mol. The van der Waals surface area contributed by atoms with Crippen LogP contribution in [0.4, 0.5) is 0 Å². The lowest BCUT2D eigenvalue weighted by Gasteiger charge is -2.46. The Labute approximate surface area is 103 Å². The van der Waals surface area contributed by atoms with Gasteiger partial charge in [0.2, 0.25) is 0 Å². The van der Waals surface area contributed by atoms with Crippen molar-refractivity contribution in [1.29, 1.82) is 0 Å². The Morgan fingerprint density at radius 3 is 2.76 bits per heavy atom. The van der Waals surface area contributed by atoms with Crippen LogP contribution in [0, 0.1) is 0 Å². The Morgan fingerprint density at radius 2 is 2.35 bits per heavy atom. The molecule has 1 unspecified atom stereocenters. The third-order valence-electron chi connectivity index (χ3n) is 3.89. The molecule has 0 saturated heterocycles. The highest BCUT2D eigenvalue weighted by Crippen LogP contribution is 2.39. The monoisotopic (exact) mass is 237 g/mol. The third-order valence-corrected chi connectivity index (χ3v) is 3.89. The van der Waals surface area contributed by atoms with Gasteiger partial charge >= 0.3 is 0 Å². The number of ether oxygens (including phenoxy) is 1. The lowest BCUT2D eigenvalue weighted by atomic mass is 9.73. The minimum atomic E-state index is 0.0475. The van der Waals surface area contributed by atoms with E-state index in [2.05, 4.69) is 23.5 Å². The summed E-state index contributed by atoms with van der Waals surface area (Å²) in [5.74, 6) is 0. The number of aryl methyl sites for hydroxylation is 1. The van der Waals surface area contributed by atoms with E-state index in [1.165, 1.54) is 24.8 Å². The first-order chi connectivity index (χ1) is 8.20. The second-order valence-electron chi connectivity index (χ2n) is 4.96. The third kappa shape index (κ3) is 2.53. The minimum absolute atomic E-state index is 0.0475. The van der Waals surface area contributed by atoms with Gasteiger partial charge in [0.25, 0.3) is 0 Å². The van der Waals surface area contributed by atoms with Crippen molar-refractivity contribution < 1.29 is 4.74 Å². The van der Waals surface area contributed by atoms with Gasteiger partial charge in [0.1, 0.15) is 0 Å². The molecule has 0 aromatic carbocycles. The number of rotatable bonds is 6. The minimum Gasteiger partial charge on any atom is -0.377 e. The zero-order valence-electron chi connectivity index (χ0n) is 11.1. The molecule has 17 heavy (non-hydrogen) atoms. The molecular weight excluding hydrogens is 214 g/mol. The molecule has 1 atom stereocenters. The summed E-state index contributed by atoms with van der Waals surface area (Å²) in [6, 6.07) is 0.399. The van der Waals surface area contributed by atoms with Crippen molar-refractivity contribution in [1.82, 2.24) is 15.1 Å². The standard InChI is InChI=1S/C13H23N3O/c1-4-14-12(13(17-3)6-5-7-13)8-11-9-15-16(2)10-11/h9-10,12,14H,4-8H2,1-3H3. The summed E-state index contributed by atoms with van der Waals surface area (Å²) >= 11 is 0. The summed E-state index contributed by atoms with van der Waals surface area (Å²) in [6.07, 6.45) is 8.65.